The molecular weight excluding hydrogens is 266 g/mol. The first kappa shape index (κ1) is 14.5. The minimum absolute atomic E-state index is 0.599. The molecular formula is C16H25N3O2. The molecule has 0 bridgehead atoms. The van der Waals surface area contributed by atoms with Crippen LogP contribution >= 0.6 is 0 Å². The quantitative estimate of drug-likeness (QED) is 0.835. The van der Waals surface area contributed by atoms with Gasteiger partial charge in [-0.1, -0.05) is 0 Å². The van der Waals surface area contributed by atoms with Gasteiger partial charge in [-0.2, -0.15) is 0 Å². The van der Waals surface area contributed by atoms with Crippen molar-refractivity contribution in [2.75, 3.05) is 52.2 Å². The molecule has 0 radical (unpaired) electrons. The molecule has 1 saturated heterocycles. The summed E-state index contributed by atoms with van der Waals surface area (Å²) in [4.78, 5) is 4.85. The normalized spacial score (nSPS) is 18.4. The zero-order chi connectivity index (χ0) is 14.7. The van der Waals surface area contributed by atoms with E-state index >= 15 is 0 Å². The summed E-state index contributed by atoms with van der Waals surface area (Å²) in [5.41, 5.74) is 8.04. The van der Waals surface area contributed by atoms with E-state index in [-0.39, 0.29) is 0 Å². The van der Waals surface area contributed by atoms with Crippen LogP contribution in [0.4, 0.5) is 5.69 Å². The Labute approximate surface area is 126 Å². The maximum absolute atomic E-state index is 6.14. The Hall–Kier alpha value is -1.46. The van der Waals surface area contributed by atoms with E-state index in [2.05, 4.69) is 16.8 Å². The van der Waals surface area contributed by atoms with Crippen LogP contribution in [-0.2, 0) is 6.54 Å². The number of nitrogens with zero attached hydrogens (tertiary/aromatic N) is 2. The third kappa shape index (κ3) is 3.60. The lowest BCUT2D eigenvalue weighted by Gasteiger charge is -2.24. The molecule has 1 aromatic carbocycles. The molecule has 21 heavy (non-hydrogen) atoms. The van der Waals surface area contributed by atoms with E-state index in [1.165, 1.54) is 25.9 Å². The van der Waals surface area contributed by atoms with E-state index in [9.17, 15) is 0 Å². The highest BCUT2D eigenvalue weighted by atomic mass is 16.6. The fourth-order valence-electron chi connectivity index (χ4n) is 2.97. The predicted molar refractivity (Wildman–Crippen MR) is 83.9 cm³/mol. The molecule has 0 aliphatic carbocycles. The van der Waals surface area contributed by atoms with Gasteiger partial charge in [-0.25, -0.2) is 0 Å². The zero-order valence-electron chi connectivity index (χ0n) is 12.8. The second-order valence-electron chi connectivity index (χ2n) is 5.98. The van der Waals surface area contributed by atoms with Gasteiger partial charge in [-0.15, -0.1) is 0 Å². The van der Waals surface area contributed by atoms with E-state index < -0.39 is 0 Å². The second-order valence-corrected chi connectivity index (χ2v) is 5.98. The highest BCUT2D eigenvalue weighted by molar-refractivity contribution is 5.58. The SMILES string of the molecule is CN(CCN1CCCC1)Cc1cc2c(cc1N)OCCO2. The molecule has 1 aromatic rings. The maximum atomic E-state index is 6.14. The number of benzene rings is 1. The van der Waals surface area contributed by atoms with Gasteiger partial charge in [0.2, 0.25) is 0 Å². The van der Waals surface area contributed by atoms with Crippen LogP contribution in [-0.4, -0.2) is 56.2 Å². The second kappa shape index (κ2) is 6.54. The highest BCUT2D eigenvalue weighted by Crippen LogP contribution is 2.34. The lowest BCUT2D eigenvalue weighted by molar-refractivity contribution is 0.171. The Morgan fingerprint density at radius 2 is 1.81 bits per heavy atom. The van der Waals surface area contributed by atoms with Crippen molar-refractivity contribution in [2.24, 2.45) is 0 Å². The fraction of sp³-hybridized carbons (Fsp3) is 0.625. The predicted octanol–water partition coefficient (Wildman–Crippen LogP) is 1.57. The minimum Gasteiger partial charge on any atom is -0.486 e. The zero-order valence-corrected chi connectivity index (χ0v) is 12.8. The van der Waals surface area contributed by atoms with Crippen molar-refractivity contribution in [1.82, 2.24) is 9.80 Å². The van der Waals surface area contributed by atoms with Crippen LogP contribution in [0, 0.1) is 0 Å². The Kier molecular flexibility index (Phi) is 4.51. The van der Waals surface area contributed by atoms with Gasteiger partial charge >= 0.3 is 0 Å². The molecule has 5 nitrogen and oxygen atoms in total. The molecule has 0 amide bonds. The van der Waals surface area contributed by atoms with E-state index in [1.54, 1.807) is 0 Å². The first-order valence-corrected chi connectivity index (χ1v) is 7.81. The molecule has 116 valence electrons. The summed E-state index contributed by atoms with van der Waals surface area (Å²) in [6.07, 6.45) is 2.69. The van der Waals surface area contributed by atoms with Gasteiger partial charge in [0.25, 0.3) is 0 Å². The maximum Gasteiger partial charge on any atom is 0.163 e. The Morgan fingerprint density at radius 3 is 2.52 bits per heavy atom. The van der Waals surface area contributed by atoms with Crippen molar-refractivity contribution in [3.05, 3.63) is 17.7 Å². The van der Waals surface area contributed by atoms with Crippen LogP contribution in [0.15, 0.2) is 12.1 Å². The minimum atomic E-state index is 0.599. The van der Waals surface area contributed by atoms with E-state index in [0.29, 0.717) is 13.2 Å². The summed E-state index contributed by atoms with van der Waals surface area (Å²) < 4.78 is 11.2. The van der Waals surface area contributed by atoms with Crippen LogP contribution in [0.2, 0.25) is 0 Å². The van der Waals surface area contributed by atoms with Crippen molar-refractivity contribution in [3.8, 4) is 11.5 Å². The molecule has 0 unspecified atom stereocenters. The lowest BCUT2D eigenvalue weighted by Crippen LogP contribution is -2.31. The number of rotatable bonds is 5. The summed E-state index contributed by atoms with van der Waals surface area (Å²) in [5.74, 6) is 1.58. The van der Waals surface area contributed by atoms with E-state index in [4.69, 9.17) is 15.2 Å². The summed E-state index contributed by atoms with van der Waals surface area (Å²) in [6.45, 7) is 6.76. The van der Waals surface area contributed by atoms with Gasteiger partial charge < -0.3 is 25.0 Å². The molecule has 0 saturated carbocycles. The summed E-state index contributed by atoms with van der Waals surface area (Å²) in [7, 11) is 2.15. The van der Waals surface area contributed by atoms with Gasteiger partial charge in [0.1, 0.15) is 13.2 Å². The number of hydrogen-bond donors (Lipinski definition) is 1. The van der Waals surface area contributed by atoms with E-state index in [1.807, 2.05) is 12.1 Å². The molecule has 3 rings (SSSR count). The molecule has 0 atom stereocenters. The summed E-state index contributed by atoms with van der Waals surface area (Å²) in [6, 6.07) is 3.91. The Balaban J connectivity index is 1.58. The molecule has 5 heteroatoms. The highest BCUT2D eigenvalue weighted by Gasteiger charge is 2.16. The van der Waals surface area contributed by atoms with Gasteiger partial charge in [0.15, 0.2) is 11.5 Å². The molecule has 2 N–H and O–H groups in total. The third-order valence-corrected chi connectivity index (χ3v) is 4.24. The number of nitrogens with two attached hydrogens (primary N) is 1. The van der Waals surface area contributed by atoms with Gasteiger partial charge in [-0.05, 0) is 44.6 Å². The topological polar surface area (TPSA) is 51.0 Å². The molecule has 2 aliphatic heterocycles. The van der Waals surface area contributed by atoms with Crippen LogP contribution in [0.1, 0.15) is 18.4 Å². The number of likely N-dealkylation sites (tertiary alicyclic amines) is 1. The van der Waals surface area contributed by atoms with Crippen molar-refractivity contribution < 1.29 is 9.47 Å². The van der Waals surface area contributed by atoms with Gasteiger partial charge in [-0.3, -0.25) is 0 Å². The molecule has 2 aliphatic rings. The lowest BCUT2D eigenvalue weighted by atomic mass is 10.1. The van der Waals surface area contributed by atoms with Crippen molar-refractivity contribution in [1.29, 1.82) is 0 Å². The summed E-state index contributed by atoms with van der Waals surface area (Å²) in [5, 5.41) is 0. The first-order valence-electron chi connectivity index (χ1n) is 7.81. The molecule has 0 spiro atoms. The number of fused-ring (bicyclic) bond motifs is 1. The van der Waals surface area contributed by atoms with Crippen molar-refractivity contribution >= 4 is 5.69 Å². The number of ether oxygens (including phenoxy) is 2. The first-order chi connectivity index (χ1) is 10.2. The van der Waals surface area contributed by atoms with Crippen molar-refractivity contribution in [3.63, 3.8) is 0 Å². The number of nitrogen functional groups attached to an aromatic ring is 1. The number of hydrogen-bond acceptors (Lipinski definition) is 5. The molecule has 2 heterocycles. The van der Waals surface area contributed by atoms with Crippen LogP contribution in [0.25, 0.3) is 0 Å². The smallest absolute Gasteiger partial charge is 0.163 e. The number of anilines is 1. The fourth-order valence-corrected chi connectivity index (χ4v) is 2.97. The average molecular weight is 291 g/mol. The van der Waals surface area contributed by atoms with Crippen molar-refractivity contribution in [2.45, 2.75) is 19.4 Å². The molecule has 1 fully saturated rings. The van der Waals surface area contributed by atoms with E-state index in [0.717, 1.165) is 42.4 Å². The molecule has 0 aromatic heterocycles. The Bertz CT molecular complexity index is 487. The summed E-state index contributed by atoms with van der Waals surface area (Å²) >= 11 is 0. The van der Waals surface area contributed by atoms with Gasteiger partial charge in [0.05, 0.1) is 0 Å². The largest absolute Gasteiger partial charge is 0.486 e. The third-order valence-electron chi connectivity index (χ3n) is 4.24. The van der Waals surface area contributed by atoms with Crippen LogP contribution in [0.5, 0.6) is 11.5 Å². The monoisotopic (exact) mass is 291 g/mol. The Morgan fingerprint density at radius 1 is 1.14 bits per heavy atom. The standard InChI is InChI=1S/C16H25N3O2/c1-18(6-7-19-4-2-3-5-19)12-13-10-15-16(11-14(13)17)21-9-8-20-15/h10-11H,2-9,12,17H2,1H3. The van der Waals surface area contributed by atoms with Crippen LogP contribution in [0.3, 0.4) is 0 Å². The van der Waals surface area contributed by atoms with Crippen LogP contribution < -0.4 is 15.2 Å². The average Bonchev–Trinajstić information content (AvgIpc) is 2.99. The number of likely N-dealkylation sites (N-methyl/N-ethyl adjacent to an activating group) is 1. The van der Waals surface area contributed by atoms with Gasteiger partial charge in [0, 0.05) is 31.4 Å².